The maximum Gasteiger partial charge on any atom is 0.224 e. The smallest absolute Gasteiger partial charge is 0.224 e. The standard InChI is InChI=1S/C15H20N6/c1-20-7-9-21(10-8-20)14-4-6-17-15(19-14)18-12-13-3-2-5-16-11-13/h2-6,11H,7-10,12H2,1H3,(H,17,18,19). The number of likely N-dealkylation sites (N-methyl/N-ethyl adjacent to an activating group) is 1. The molecule has 3 rings (SSSR count). The molecule has 1 aliphatic rings. The van der Waals surface area contributed by atoms with Gasteiger partial charge in [-0.3, -0.25) is 4.98 Å². The van der Waals surface area contributed by atoms with Crippen LogP contribution in [0.15, 0.2) is 36.8 Å². The van der Waals surface area contributed by atoms with Crippen LogP contribution in [0.3, 0.4) is 0 Å². The molecule has 0 unspecified atom stereocenters. The van der Waals surface area contributed by atoms with Gasteiger partial charge in [-0.15, -0.1) is 0 Å². The molecule has 0 saturated carbocycles. The van der Waals surface area contributed by atoms with Gasteiger partial charge in [0.25, 0.3) is 0 Å². The first-order valence-corrected chi connectivity index (χ1v) is 7.20. The Hall–Kier alpha value is -2.21. The van der Waals surface area contributed by atoms with Crippen LogP contribution < -0.4 is 10.2 Å². The van der Waals surface area contributed by atoms with Crippen molar-refractivity contribution < 1.29 is 0 Å². The summed E-state index contributed by atoms with van der Waals surface area (Å²) in [5.41, 5.74) is 1.12. The fraction of sp³-hybridized carbons (Fsp3) is 0.400. The second kappa shape index (κ2) is 6.49. The summed E-state index contributed by atoms with van der Waals surface area (Å²) >= 11 is 0. The number of nitrogens with zero attached hydrogens (tertiary/aromatic N) is 5. The van der Waals surface area contributed by atoms with E-state index in [1.807, 2.05) is 30.6 Å². The molecule has 2 aromatic rings. The fourth-order valence-corrected chi connectivity index (χ4v) is 2.33. The normalized spacial score (nSPS) is 16.0. The van der Waals surface area contributed by atoms with E-state index in [-0.39, 0.29) is 0 Å². The van der Waals surface area contributed by atoms with Crippen LogP contribution >= 0.6 is 0 Å². The Balaban J connectivity index is 1.63. The number of nitrogens with one attached hydrogen (secondary N) is 1. The Kier molecular flexibility index (Phi) is 4.25. The summed E-state index contributed by atoms with van der Waals surface area (Å²) in [4.78, 5) is 17.6. The average molecular weight is 284 g/mol. The quantitative estimate of drug-likeness (QED) is 0.911. The molecular formula is C15H20N6. The minimum atomic E-state index is 0.662. The van der Waals surface area contributed by atoms with Crippen molar-refractivity contribution in [1.29, 1.82) is 0 Å². The molecule has 0 aliphatic carbocycles. The minimum absolute atomic E-state index is 0.662. The van der Waals surface area contributed by atoms with Crippen LogP contribution in [-0.4, -0.2) is 53.1 Å². The number of hydrogen-bond donors (Lipinski definition) is 1. The highest BCUT2D eigenvalue weighted by atomic mass is 15.3. The van der Waals surface area contributed by atoms with Crippen molar-refractivity contribution in [2.75, 3.05) is 43.4 Å². The second-order valence-corrected chi connectivity index (χ2v) is 5.24. The number of hydrogen-bond acceptors (Lipinski definition) is 6. The van der Waals surface area contributed by atoms with E-state index in [9.17, 15) is 0 Å². The van der Waals surface area contributed by atoms with Gasteiger partial charge in [0.2, 0.25) is 5.95 Å². The summed E-state index contributed by atoms with van der Waals surface area (Å²) in [7, 11) is 2.15. The SMILES string of the molecule is CN1CCN(c2ccnc(NCc3cccnc3)n2)CC1. The largest absolute Gasteiger partial charge is 0.354 e. The molecule has 6 heteroatoms. The highest BCUT2D eigenvalue weighted by Crippen LogP contribution is 2.14. The number of rotatable bonds is 4. The third-order valence-electron chi connectivity index (χ3n) is 3.64. The van der Waals surface area contributed by atoms with Crippen molar-refractivity contribution in [2.45, 2.75) is 6.54 Å². The van der Waals surface area contributed by atoms with Crippen LogP contribution in [-0.2, 0) is 6.54 Å². The van der Waals surface area contributed by atoms with Gasteiger partial charge in [0.1, 0.15) is 5.82 Å². The van der Waals surface area contributed by atoms with Gasteiger partial charge in [0, 0.05) is 51.3 Å². The predicted octanol–water partition coefficient (Wildman–Crippen LogP) is 1.24. The molecule has 3 heterocycles. The molecule has 0 atom stereocenters. The second-order valence-electron chi connectivity index (χ2n) is 5.24. The topological polar surface area (TPSA) is 57.2 Å². The van der Waals surface area contributed by atoms with Gasteiger partial charge in [-0.25, -0.2) is 4.98 Å². The van der Waals surface area contributed by atoms with Crippen molar-refractivity contribution in [3.05, 3.63) is 42.4 Å². The van der Waals surface area contributed by atoms with Crippen LogP contribution in [0.1, 0.15) is 5.56 Å². The van der Waals surface area contributed by atoms with Crippen molar-refractivity contribution in [1.82, 2.24) is 19.9 Å². The number of aromatic nitrogens is 3. The van der Waals surface area contributed by atoms with Crippen LogP contribution in [0.4, 0.5) is 11.8 Å². The van der Waals surface area contributed by atoms with Crippen molar-refractivity contribution in [3.63, 3.8) is 0 Å². The van der Waals surface area contributed by atoms with Crippen LogP contribution in [0.2, 0.25) is 0 Å². The molecule has 1 N–H and O–H groups in total. The molecule has 0 bridgehead atoms. The molecule has 2 aromatic heterocycles. The van der Waals surface area contributed by atoms with E-state index in [1.54, 1.807) is 6.20 Å². The van der Waals surface area contributed by atoms with E-state index in [0.29, 0.717) is 12.5 Å². The van der Waals surface area contributed by atoms with Crippen LogP contribution in [0.25, 0.3) is 0 Å². The molecule has 0 aromatic carbocycles. The van der Waals surface area contributed by atoms with Gasteiger partial charge in [-0.2, -0.15) is 4.98 Å². The maximum absolute atomic E-state index is 4.60. The zero-order valence-electron chi connectivity index (χ0n) is 12.2. The summed E-state index contributed by atoms with van der Waals surface area (Å²) in [6, 6.07) is 5.93. The first-order valence-electron chi connectivity index (χ1n) is 7.20. The van der Waals surface area contributed by atoms with Crippen LogP contribution in [0, 0.1) is 0 Å². The Bertz CT molecular complexity index is 565. The van der Waals surface area contributed by atoms with Crippen LogP contribution in [0.5, 0.6) is 0 Å². The Labute approximate surface area is 124 Å². The summed E-state index contributed by atoms with van der Waals surface area (Å²) in [6.07, 6.45) is 5.43. The predicted molar refractivity (Wildman–Crippen MR) is 83.3 cm³/mol. The molecular weight excluding hydrogens is 264 g/mol. The Morgan fingerprint density at radius 1 is 1.14 bits per heavy atom. The molecule has 21 heavy (non-hydrogen) atoms. The minimum Gasteiger partial charge on any atom is -0.354 e. The zero-order valence-corrected chi connectivity index (χ0v) is 12.2. The van der Waals surface area contributed by atoms with E-state index in [2.05, 4.69) is 37.1 Å². The third kappa shape index (κ3) is 3.66. The van der Waals surface area contributed by atoms with Crippen molar-refractivity contribution in [2.24, 2.45) is 0 Å². The summed E-state index contributed by atoms with van der Waals surface area (Å²) in [5.74, 6) is 1.65. The van der Waals surface area contributed by atoms with Crippen molar-refractivity contribution >= 4 is 11.8 Å². The number of anilines is 2. The van der Waals surface area contributed by atoms with Gasteiger partial charge >= 0.3 is 0 Å². The molecule has 0 radical (unpaired) electrons. The van der Waals surface area contributed by atoms with E-state index in [0.717, 1.165) is 37.6 Å². The molecule has 1 fully saturated rings. The van der Waals surface area contributed by atoms with E-state index >= 15 is 0 Å². The lowest BCUT2D eigenvalue weighted by Crippen LogP contribution is -2.44. The lowest BCUT2D eigenvalue weighted by molar-refractivity contribution is 0.312. The molecule has 1 aliphatic heterocycles. The number of piperazine rings is 1. The third-order valence-corrected chi connectivity index (χ3v) is 3.64. The molecule has 0 amide bonds. The fourth-order valence-electron chi connectivity index (χ4n) is 2.33. The summed E-state index contributed by atoms with van der Waals surface area (Å²) in [5, 5.41) is 3.25. The Morgan fingerprint density at radius 3 is 2.76 bits per heavy atom. The van der Waals surface area contributed by atoms with Gasteiger partial charge in [-0.05, 0) is 24.7 Å². The number of pyridine rings is 1. The lowest BCUT2D eigenvalue weighted by atomic mass is 10.3. The summed E-state index contributed by atoms with van der Waals surface area (Å²) in [6.45, 7) is 4.84. The molecule has 6 nitrogen and oxygen atoms in total. The highest BCUT2D eigenvalue weighted by molar-refractivity contribution is 5.43. The zero-order chi connectivity index (χ0) is 14.5. The summed E-state index contributed by atoms with van der Waals surface area (Å²) < 4.78 is 0. The van der Waals surface area contributed by atoms with E-state index in [4.69, 9.17) is 0 Å². The Morgan fingerprint density at radius 2 is 2.00 bits per heavy atom. The van der Waals surface area contributed by atoms with E-state index < -0.39 is 0 Å². The maximum atomic E-state index is 4.60. The van der Waals surface area contributed by atoms with Gasteiger partial charge < -0.3 is 15.1 Å². The molecule has 0 spiro atoms. The monoisotopic (exact) mass is 284 g/mol. The van der Waals surface area contributed by atoms with Gasteiger partial charge in [0.05, 0.1) is 0 Å². The van der Waals surface area contributed by atoms with Crippen molar-refractivity contribution in [3.8, 4) is 0 Å². The lowest BCUT2D eigenvalue weighted by Gasteiger charge is -2.33. The highest BCUT2D eigenvalue weighted by Gasteiger charge is 2.15. The van der Waals surface area contributed by atoms with Gasteiger partial charge in [-0.1, -0.05) is 6.07 Å². The van der Waals surface area contributed by atoms with Gasteiger partial charge in [0.15, 0.2) is 0 Å². The molecule has 1 saturated heterocycles. The van der Waals surface area contributed by atoms with E-state index in [1.165, 1.54) is 0 Å². The first kappa shape index (κ1) is 13.8. The first-order chi connectivity index (χ1) is 10.3. The average Bonchev–Trinajstić information content (AvgIpc) is 2.55. The molecule has 110 valence electrons.